The zero-order valence-electron chi connectivity index (χ0n) is 5.87. The van der Waals surface area contributed by atoms with E-state index in [0.717, 1.165) is 0 Å². The maximum atomic E-state index is 10.3. The van der Waals surface area contributed by atoms with Crippen LogP contribution in [0.3, 0.4) is 0 Å². The predicted molar refractivity (Wildman–Crippen MR) is 35.0 cm³/mol. The Balaban J connectivity index is 2.45. The Hall–Kier alpha value is -1.10. The molecule has 62 valence electrons. The normalized spacial score (nSPS) is 20.0. The molecule has 5 heteroatoms. The summed E-state index contributed by atoms with van der Waals surface area (Å²) in [6.45, 7) is 0.579. The average molecular weight is 159 g/mol. The lowest BCUT2D eigenvalue weighted by Crippen LogP contribution is -2.61. The molecule has 0 saturated carbocycles. The van der Waals surface area contributed by atoms with Crippen LogP contribution in [0.5, 0.6) is 0 Å². The first-order valence-corrected chi connectivity index (χ1v) is 3.19. The first-order valence-electron chi connectivity index (χ1n) is 3.19. The van der Waals surface area contributed by atoms with Crippen molar-refractivity contribution in [2.24, 2.45) is 0 Å². The summed E-state index contributed by atoms with van der Waals surface area (Å²) in [5, 5.41) is 10.9. The van der Waals surface area contributed by atoms with Gasteiger partial charge < -0.3 is 15.2 Å². The van der Waals surface area contributed by atoms with E-state index in [4.69, 9.17) is 9.84 Å². The van der Waals surface area contributed by atoms with Gasteiger partial charge in [-0.2, -0.15) is 0 Å². The summed E-state index contributed by atoms with van der Waals surface area (Å²) in [5.74, 6) is -0.928. The summed E-state index contributed by atoms with van der Waals surface area (Å²) in [7, 11) is 0. The van der Waals surface area contributed by atoms with Crippen LogP contribution in [-0.2, 0) is 14.3 Å². The topological polar surface area (TPSA) is 75.6 Å². The van der Waals surface area contributed by atoms with Crippen molar-refractivity contribution in [1.82, 2.24) is 5.32 Å². The molecule has 2 N–H and O–H groups in total. The Labute approximate surface area is 63.3 Å². The lowest BCUT2D eigenvalue weighted by Gasteiger charge is -2.39. The highest BCUT2D eigenvalue weighted by atomic mass is 16.5. The highest BCUT2D eigenvalue weighted by molar-refractivity contribution is 5.69. The van der Waals surface area contributed by atoms with Crippen molar-refractivity contribution in [1.29, 1.82) is 0 Å². The number of carbonyl (C=O) groups excluding carboxylic acids is 1. The molecule has 1 fully saturated rings. The van der Waals surface area contributed by atoms with Gasteiger partial charge in [0, 0.05) is 0 Å². The van der Waals surface area contributed by atoms with Crippen LogP contribution in [0.1, 0.15) is 6.42 Å². The van der Waals surface area contributed by atoms with E-state index in [-0.39, 0.29) is 19.6 Å². The number of nitrogens with one attached hydrogen (secondary N) is 1. The molecule has 0 unspecified atom stereocenters. The molecular weight excluding hydrogens is 150 g/mol. The largest absolute Gasteiger partial charge is 0.481 e. The molecule has 1 amide bonds. The zero-order chi connectivity index (χ0) is 8.32. The second-order valence-corrected chi connectivity index (χ2v) is 2.61. The molecule has 0 aromatic carbocycles. The number of amides is 1. The lowest BCUT2D eigenvalue weighted by molar-refractivity contribution is -0.147. The molecule has 0 bridgehead atoms. The van der Waals surface area contributed by atoms with Gasteiger partial charge in [0.25, 0.3) is 0 Å². The van der Waals surface area contributed by atoms with Crippen molar-refractivity contribution >= 4 is 12.4 Å². The molecular formula is C6H9NO4. The van der Waals surface area contributed by atoms with Crippen molar-refractivity contribution in [2.45, 2.75) is 12.0 Å². The van der Waals surface area contributed by atoms with Gasteiger partial charge in [-0.1, -0.05) is 0 Å². The first kappa shape index (κ1) is 8.00. The van der Waals surface area contributed by atoms with Crippen LogP contribution in [0, 0.1) is 0 Å². The summed E-state index contributed by atoms with van der Waals surface area (Å²) < 4.78 is 4.81. The van der Waals surface area contributed by atoms with E-state index in [2.05, 4.69) is 5.32 Å². The fraction of sp³-hybridized carbons (Fsp3) is 0.667. The van der Waals surface area contributed by atoms with Gasteiger partial charge >= 0.3 is 5.97 Å². The molecule has 0 radical (unpaired) electrons. The Morgan fingerprint density at radius 1 is 1.73 bits per heavy atom. The molecule has 1 aliphatic heterocycles. The molecule has 0 aliphatic carbocycles. The van der Waals surface area contributed by atoms with Crippen LogP contribution in [-0.4, -0.2) is 36.2 Å². The standard InChI is InChI=1S/C6H9NO4/c8-4-7-6(1-5(9)10)2-11-3-6/h4H,1-3H2,(H,7,8)(H,9,10). The molecule has 1 aliphatic rings. The summed E-state index contributed by atoms with van der Waals surface area (Å²) in [6.07, 6.45) is 0.428. The van der Waals surface area contributed by atoms with Crippen LogP contribution < -0.4 is 5.32 Å². The Morgan fingerprint density at radius 3 is 2.64 bits per heavy atom. The van der Waals surface area contributed by atoms with Crippen LogP contribution in [0.4, 0.5) is 0 Å². The lowest BCUT2D eigenvalue weighted by atomic mass is 9.93. The van der Waals surface area contributed by atoms with E-state index >= 15 is 0 Å². The van der Waals surface area contributed by atoms with Crippen molar-refractivity contribution in [3.63, 3.8) is 0 Å². The van der Waals surface area contributed by atoms with Crippen LogP contribution in [0.15, 0.2) is 0 Å². The quantitative estimate of drug-likeness (QED) is 0.514. The van der Waals surface area contributed by atoms with Gasteiger partial charge in [-0.15, -0.1) is 0 Å². The molecule has 5 nitrogen and oxygen atoms in total. The highest BCUT2D eigenvalue weighted by Gasteiger charge is 2.40. The second-order valence-electron chi connectivity index (χ2n) is 2.61. The maximum Gasteiger partial charge on any atom is 0.305 e. The third-order valence-corrected chi connectivity index (χ3v) is 1.61. The van der Waals surface area contributed by atoms with Gasteiger partial charge in [0.1, 0.15) is 0 Å². The van der Waals surface area contributed by atoms with E-state index in [1.165, 1.54) is 0 Å². The summed E-state index contributed by atoms with van der Waals surface area (Å²) >= 11 is 0. The van der Waals surface area contributed by atoms with E-state index in [1.54, 1.807) is 0 Å². The second kappa shape index (κ2) is 2.87. The fourth-order valence-electron chi connectivity index (χ4n) is 0.999. The van der Waals surface area contributed by atoms with Crippen LogP contribution in [0.2, 0.25) is 0 Å². The van der Waals surface area contributed by atoms with E-state index in [1.807, 2.05) is 0 Å². The zero-order valence-corrected chi connectivity index (χ0v) is 5.87. The third-order valence-electron chi connectivity index (χ3n) is 1.61. The number of carbonyl (C=O) groups is 2. The minimum Gasteiger partial charge on any atom is -0.481 e. The number of ether oxygens (including phenoxy) is 1. The Morgan fingerprint density at radius 2 is 2.36 bits per heavy atom. The highest BCUT2D eigenvalue weighted by Crippen LogP contribution is 2.20. The van der Waals surface area contributed by atoms with Crippen molar-refractivity contribution < 1.29 is 19.4 Å². The van der Waals surface area contributed by atoms with E-state index in [9.17, 15) is 9.59 Å². The number of aliphatic carboxylic acids is 1. The van der Waals surface area contributed by atoms with Crippen molar-refractivity contribution in [3.05, 3.63) is 0 Å². The van der Waals surface area contributed by atoms with Gasteiger partial charge in [-0.3, -0.25) is 9.59 Å². The number of hydrogen-bond acceptors (Lipinski definition) is 3. The van der Waals surface area contributed by atoms with Crippen molar-refractivity contribution in [3.8, 4) is 0 Å². The van der Waals surface area contributed by atoms with Gasteiger partial charge in [0.2, 0.25) is 6.41 Å². The summed E-state index contributed by atoms with van der Waals surface area (Å²) in [4.78, 5) is 20.3. The van der Waals surface area contributed by atoms with E-state index in [0.29, 0.717) is 6.41 Å². The maximum absolute atomic E-state index is 10.3. The molecule has 1 heterocycles. The predicted octanol–water partition coefficient (Wildman–Crippen LogP) is -1.02. The SMILES string of the molecule is O=CNC1(CC(=O)O)COC1. The molecule has 1 rings (SSSR count). The molecule has 11 heavy (non-hydrogen) atoms. The molecule has 0 aromatic heterocycles. The summed E-state index contributed by atoms with van der Waals surface area (Å²) in [6, 6.07) is 0. The smallest absolute Gasteiger partial charge is 0.305 e. The molecule has 0 spiro atoms. The Kier molecular flexibility index (Phi) is 2.09. The minimum atomic E-state index is -0.928. The van der Waals surface area contributed by atoms with Crippen LogP contribution in [0.25, 0.3) is 0 Å². The molecule has 1 saturated heterocycles. The van der Waals surface area contributed by atoms with Crippen molar-refractivity contribution in [2.75, 3.05) is 13.2 Å². The minimum absolute atomic E-state index is 0.0776. The summed E-state index contributed by atoms with van der Waals surface area (Å²) in [5.41, 5.74) is -0.645. The Bertz CT molecular complexity index is 175. The van der Waals surface area contributed by atoms with Crippen LogP contribution >= 0.6 is 0 Å². The monoisotopic (exact) mass is 159 g/mol. The number of carboxylic acid groups (broad SMARTS) is 1. The molecule has 0 atom stereocenters. The van der Waals surface area contributed by atoms with Gasteiger partial charge in [-0.05, 0) is 0 Å². The fourth-order valence-corrected chi connectivity index (χ4v) is 0.999. The average Bonchev–Trinajstić information content (AvgIpc) is 1.82. The third kappa shape index (κ3) is 1.68. The number of hydrogen-bond donors (Lipinski definition) is 2. The van der Waals surface area contributed by atoms with E-state index < -0.39 is 11.5 Å². The molecule has 0 aromatic rings. The first-order chi connectivity index (χ1) is 5.18. The van der Waals surface area contributed by atoms with Gasteiger partial charge in [0.05, 0.1) is 25.2 Å². The van der Waals surface area contributed by atoms with Gasteiger partial charge in [0.15, 0.2) is 0 Å². The number of carboxylic acids is 1. The van der Waals surface area contributed by atoms with Gasteiger partial charge in [-0.25, -0.2) is 0 Å². The number of rotatable bonds is 4.